The normalized spacial score (nSPS) is 15.0. The molecule has 7 heteroatoms. The van der Waals surface area contributed by atoms with Crippen molar-refractivity contribution in [2.24, 2.45) is 5.92 Å². The average molecular weight is 365 g/mol. The Labute approximate surface area is 150 Å². The summed E-state index contributed by atoms with van der Waals surface area (Å²) in [5.74, 6) is 0.0631. The average Bonchev–Trinajstić information content (AvgIpc) is 2.64. The molecule has 1 aromatic carbocycles. The van der Waals surface area contributed by atoms with Crippen molar-refractivity contribution in [2.75, 3.05) is 25.1 Å². The molecule has 1 fully saturated rings. The lowest BCUT2D eigenvalue weighted by Gasteiger charge is -2.21. The number of rotatable bonds is 5. The van der Waals surface area contributed by atoms with Crippen molar-refractivity contribution in [3.05, 3.63) is 52.9 Å². The molecular formula is C18H18ClFN2O3. The van der Waals surface area contributed by atoms with Crippen LogP contribution in [0.3, 0.4) is 0 Å². The number of halogens is 2. The Kier molecular flexibility index (Phi) is 5.83. The lowest BCUT2D eigenvalue weighted by Crippen LogP contribution is -2.21. The first-order valence-corrected chi connectivity index (χ1v) is 8.42. The first kappa shape index (κ1) is 17.6. The maximum atomic E-state index is 13.1. The molecule has 2 aromatic rings. The monoisotopic (exact) mass is 364 g/mol. The van der Waals surface area contributed by atoms with E-state index in [1.807, 2.05) is 0 Å². The van der Waals surface area contributed by atoms with Gasteiger partial charge in [0, 0.05) is 31.2 Å². The van der Waals surface area contributed by atoms with Crippen LogP contribution in [0.1, 0.15) is 23.2 Å². The highest BCUT2D eigenvalue weighted by Gasteiger charge is 2.15. The number of hydrogen-bond acceptors (Lipinski definition) is 4. The van der Waals surface area contributed by atoms with E-state index in [0.717, 1.165) is 26.1 Å². The van der Waals surface area contributed by atoms with Gasteiger partial charge in [0.1, 0.15) is 5.82 Å². The largest absolute Gasteiger partial charge is 0.477 e. The number of carbonyl (C=O) groups is 1. The van der Waals surface area contributed by atoms with Crippen molar-refractivity contribution >= 4 is 23.2 Å². The molecule has 0 atom stereocenters. The minimum absolute atomic E-state index is 0.0483. The van der Waals surface area contributed by atoms with E-state index in [4.69, 9.17) is 21.1 Å². The Balaban J connectivity index is 1.55. The minimum Gasteiger partial charge on any atom is -0.477 e. The predicted molar refractivity (Wildman–Crippen MR) is 92.6 cm³/mol. The van der Waals surface area contributed by atoms with Crippen molar-refractivity contribution in [2.45, 2.75) is 12.8 Å². The maximum absolute atomic E-state index is 13.1. The van der Waals surface area contributed by atoms with Gasteiger partial charge in [0.2, 0.25) is 5.88 Å². The molecule has 0 bridgehead atoms. The van der Waals surface area contributed by atoms with E-state index in [9.17, 15) is 9.18 Å². The van der Waals surface area contributed by atoms with Crippen LogP contribution in [-0.4, -0.2) is 30.7 Å². The Bertz CT molecular complexity index is 734. The van der Waals surface area contributed by atoms with Crippen molar-refractivity contribution in [1.82, 2.24) is 4.98 Å². The van der Waals surface area contributed by atoms with E-state index in [-0.39, 0.29) is 10.9 Å². The van der Waals surface area contributed by atoms with Gasteiger partial charge in [-0.3, -0.25) is 4.79 Å². The van der Waals surface area contributed by atoms with Gasteiger partial charge < -0.3 is 14.8 Å². The van der Waals surface area contributed by atoms with Crippen LogP contribution in [0.2, 0.25) is 5.02 Å². The van der Waals surface area contributed by atoms with E-state index < -0.39 is 5.82 Å². The maximum Gasteiger partial charge on any atom is 0.257 e. The zero-order valence-electron chi connectivity index (χ0n) is 13.5. The van der Waals surface area contributed by atoms with Gasteiger partial charge in [-0.05, 0) is 43.0 Å². The second-order valence-corrected chi connectivity index (χ2v) is 6.24. The van der Waals surface area contributed by atoms with E-state index in [2.05, 4.69) is 10.3 Å². The van der Waals surface area contributed by atoms with Gasteiger partial charge >= 0.3 is 0 Å². The summed E-state index contributed by atoms with van der Waals surface area (Å²) in [4.78, 5) is 16.3. The number of aromatic nitrogens is 1. The van der Waals surface area contributed by atoms with Crippen LogP contribution in [0, 0.1) is 11.7 Å². The van der Waals surface area contributed by atoms with Gasteiger partial charge in [-0.1, -0.05) is 11.6 Å². The third-order valence-corrected chi connectivity index (χ3v) is 4.27. The SMILES string of the molecule is O=C(Nc1ccc(F)c(Cl)c1)c1ccc(OCC2CCOCC2)nc1. The number of amides is 1. The molecule has 1 saturated heterocycles. The van der Waals surface area contributed by atoms with Crippen LogP contribution in [0.5, 0.6) is 5.88 Å². The Morgan fingerprint density at radius 1 is 1.32 bits per heavy atom. The number of hydrogen-bond donors (Lipinski definition) is 1. The van der Waals surface area contributed by atoms with Gasteiger partial charge in [-0.2, -0.15) is 0 Å². The second kappa shape index (κ2) is 8.27. The molecule has 3 rings (SSSR count). The summed E-state index contributed by atoms with van der Waals surface area (Å²) in [6.45, 7) is 2.14. The fourth-order valence-corrected chi connectivity index (χ4v) is 2.67. The van der Waals surface area contributed by atoms with Gasteiger partial charge in [-0.25, -0.2) is 9.37 Å². The lowest BCUT2D eigenvalue weighted by molar-refractivity contribution is 0.0490. The third kappa shape index (κ3) is 4.90. The van der Waals surface area contributed by atoms with Crippen molar-refractivity contribution in [3.8, 4) is 5.88 Å². The highest BCUT2D eigenvalue weighted by Crippen LogP contribution is 2.20. The molecule has 1 N–H and O–H groups in total. The summed E-state index contributed by atoms with van der Waals surface area (Å²) in [7, 11) is 0. The second-order valence-electron chi connectivity index (χ2n) is 5.83. The molecule has 1 aliphatic heterocycles. The molecular weight excluding hydrogens is 347 g/mol. The molecule has 1 aromatic heterocycles. The number of ether oxygens (including phenoxy) is 2. The zero-order chi connectivity index (χ0) is 17.6. The number of nitrogens with one attached hydrogen (secondary N) is 1. The Hall–Kier alpha value is -2.18. The highest BCUT2D eigenvalue weighted by molar-refractivity contribution is 6.31. The van der Waals surface area contributed by atoms with Crippen LogP contribution in [0.4, 0.5) is 10.1 Å². The fraction of sp³-hybridized carbons (Fsp3) is 0.333. The van der Waals surface area contributed by atoms with Gasteiger partial charge in [-0.15, -0.1) is 0 Å². The molecule has 5 nitrogen and oxygen atoms in total. The summed E-state index contributed by atoms with van der Waals surface area (Å²) in [6.07, 6.45) is 3.42. The van der Waals surface area contributed by atoms with Crippen LogP contribution in [0.15, 0.2) is 36.5 Å². The summed E-state index contributed by atoms with van der Waals surface area (Å²) in [5.41, 5.74) is 0.787. The molecule has 0 unspecified atom stereocenters. The lowest BCUT2D eigenvalue weighted by atomic mass is 10.0. The first-order chi connectivity index (χ1) is 12.1. The topological polar surface area (TPSA) is 60.5 Å². The smallest absolute Gasteiger partial charge is 0.257 e. The van der Waals surface area contributed by atoms with Crippen LogP contribution in [-0.2, 0) is 4.74 Å². The highest BCUT2D eigenvalue weighted by atomic mass is 35.5. The van der Waals surface area contributed by atoms with Gasteiger partial charge in [0.05, 0.1) is 17.2 Å². The zero-order valence-corrected chi connectivity index (χ0v) is 14.3. The molecule has 0 spiro atoms. The molecule has 0 radical (unpaired) electrons. The van der Waals surface area contributed by atoms with Crippen LogP contribution >= 0.6 is 11.6 Å². The van der Waals surface area contributed by atoms with Gasteiger partial charge in [0.25, 0.3) is 5.91 Å². The third-order valence-electron chi connectivity index (χ3n) is 3.98. The fourth-order valence-electron chi connectivity index (χ4n) is 2.49. The summed E-state index contributed by atoms with van der Waals surface area (Å²) in [5, 5.41) is 2.60. The number of nitrogens with zero attached hydrogens (tertiary/aromatic N) is 1. The number of carbonyl (C=O) groups excluding carboxylic acids is 1. The summed E-state index contributed by atoms with van der Waals surface area (Å²) < 4.78 is 24.1. The molecule has 0 saturated carbocycles. The summed E-state index contributed by atoms with van der Waals surface area (Å²) in [6, 6.07) is 7.29. The predicted octanol–water partition coefficient (Wildman–Crippen LogP) is 3.93. The van der Waals surface area contributed by atoms with E-state index in [0.29, 0.717) is 29.7 Å². The molecule has 132 valence electrons. The number of benzene rings is 1. The van der Waals surface area contributed by atoms with Crippen LogP contribution < -0.4 is 10.1 Å². The standard InChI is InChI=1S/C18H18ClFN2O3/c19-15-9-14(2-3-16(15)20)22-18(23)13-1-4-17(21-10-13)25-11-12-5-7-24-8-6-12/h1-4,9-10,12H,5-8,11H2,(H,22,23). The van der Waals surface area contributed by atoms with Gasteiger partial charge in [0.15, 0.2) is 0 Å². The minimum atomic E-state index is -0.535. The quantitative estimate of drug-likeness (QED) is 0.873. The van der Waals surface area contributed by atoms with Crippen molar-refractivity contribution < 1.29 is 18.7 Å². The van der Waals surface area contributed by atoms with E-state index in [1.165, 1.54) is 24.4 Å². The van der Waals surface area contributed by atoms with E-state index in [1.54, 1.807) is 12.1 Å². The van der Waals surface area contributed by atoms with E-state index >= 15 is 0 Å². The van der Waals surface area contributed by atoms with Crippen LogP contribution in [0.25, 0.3) is 0 Å². The number of anilines is 1. The number of pyridine rings is 1. The Morgan fingerprint density at radius 3 is 2.80 bits per heavy atom. The van der Waals surface area contributed by atoms with Crippen molar-refractivity contribution in [1.29, 1.82) is 0 Å². The summed E-state index contributed by atoms with van der Waals surface area (Å²) >= 11 is 5.70. The molecule has 2 heterocycles. The Morgan fingerprint density at radius 2 is 2.12 bits per heavy atom. The molecule has 0 aliphatic carbocycles. The first-order valence-electron chi connectivity index (χ1n) is 8.05. The van der Waals surface area contributed by atoms with Crippen molar-refractivity contribution in [3.63, 3.8) is 0 Å². The molecule has 1 aliphatic rings. The molecule has 25 heavy (non-hydrogen) atoms. The molecule has 1 amide bonds.